The van der Waals surface area contributed by atoms with Gasteiger partial charge < -0.3 is 16.4 Å². The lowest BCUT2D eigenvalue weighted by Crippen LogP contribution is -2.36. The van der Waals surface area contributed by atoms with E-state index in [1.165, 1.54) is 0 Å². The van der Waals surface area contributed by atoms with Gasteiger partial charge >= 0.3 is 0 Å². The predicted molar refractivity (Wildman–Crippen MR) is 124 cm³/mol. The minimum atomic E-state index is -0.124. The summed E-state index contributed by atoms with van der Waals surface area (Å²) >= 11 is 0. The molecule has 0 bridgehead atoms. The van der Waals surface area contributed by atoms with Gasteiger partial charge in [0.25, 0.3) is 5.91 Å². The number of nitrogen functional groups attached to an aromatic ring is 1. The van der Waals surface area contributed by atoms with Crippen LogP contribution in [0.1, 0.15) is 30.3 Å². The minimum Gasteiger partial charge on any atom is -0.382 e. The Morgan fingerprint density at radius 2 is 1.94 bits per heavy atom. The topological polar surface area (TPSA) is 128 Å². The van der Waals surface area contributed by atoms with Crippen molar-refractivity contribution >= 4 is 17.4 Å². The summed E-state index contributed by atoms with van der Waals surface area (Å²) in [5.74, 6) is 0.221. The van der Waals surface area contributed by atoms with Crippen LogP contribution in [0, 0.1) is 0 Å². The summed E-state index contributed by atoms with van der Waals surface area (Å²) in [4.78, 5) is 28.3. The van der Waals surface area contributed by atoms with Gasteiger partial charge in [0.1, 0.15) is 5.69 Å². The Bertz CT molecular complexity index is 1220. The van der Waals surface area contributed by atoms with Crippen LogP contribution in [0.4, 0.5) is 5.82 Å². The van der Waals surface area contributed by atoms with Gasteiger partial charge in [-0.05, 0) is 30.7 Å². The fourth-order valence-electron chi connectivity index (χ4n) is 3.54. The SMILES string of the molecule is CCCCN(CCN)C(=O)c1cccc(-c2cnc3c(-c4ccccn4)c(N)nn3c2)n1. The van der Waals surface area contributed by atoms with E-state index in [0.29, 0.717) is 53.7 Å². The van der Waals surface area contributed by atoms with Crippen molar-refractivity contribution in [2.45, 2.75) is 19.8 Å². The Hall–Kier alpha value is -3.85. The molecule has 164 valence electrons. The highest BCUT2D eigenvalue weighted by Gasteiger charge is 2.18. The molecule has 0 saturated carbocycles. The number of hydrogen-bond acceptors (Lipinski definition) is 7. The number of anilines is 1. The summed E-state index contributed by atoms with van der Waals surface area (Å²) in [6.07, 6.45) is 7.13. The second-order valence-electron chi connectivity index (χ2n) is 7.43. The van der Waals surface area contributed by atoms with E-state index in [1.54, 1.807) is 34.1 Å². The third kappa shape index (κ3) is 4.28. The largest absolute Gasteiger partial charge is 0.382 e. The molecule has 4 aromatic heterocycles. The highest BCUT2D eigenvalue weighted by Crippen LogP contribution is 2.28. The molecule has 4 rings (SSSR count). The molecule has 9 nitrogen and oxygen atoms in total. The van der Waals surface area contributed by atoms with E-state index in [2.05, 4.69) is 27.0 Å². The normalized spacial score (nSPS) is 11.1. The van der Waals surface area contributed by atoms with Crippen LogP contribution < -0.4 is 11.5 Å². The van der Waals surface area contributed by atoms with E-state index in [0.717, 1.165) is 18.4 Å². The maximum absolute atomic E-state index is 13.0. The number of fused-ring (bicyclic) bond motifs is 1. The smallest absolute Gasteiger partial charge is 0.272 e. The predicted octanol–water partition coefficient (Wildman–Crippen LogP) is 2.64. The molecule has 0 atom stereocenters. The lowest BCUT2D eigenvalue weighted by Gasteiger charge is -2.21. The zero-order chi connectivity index (χ0) is 22.5. The summed E-state index contributed by atoms with van der Waals surface area (Å²) in [7, 11) is 0. The first kappa shape index (κ1) is 21.4. The quantitative estimate of drug-likeness (QED) is 0.440. The van der Waals surface area contributed by atoms with Gasteiger partial charge in [-0.25, -0.2) is 14.5 Å². The molecule has 0 aliphatic carbocycles. The van der Waals surface area contributed by atoms with Gasteiger partial charge in [0.15, 0.2) is 11.5 Å². The van der Waals surface area contributed by atoms with Gasteiger partial charge in [0, 0.05) is 43.8 Å². The summed E-state index contributed by atoms with van der Waals surface area (Å²) in [6, 6.07) is 11.0. The molecule has 0 aliphatic heterocycles. The summed E-state index contributed by atoms with van der Waals surface area (Å²) in [5, 5.41) is 4.39. The zero-order valence-corrected chi connectivity index (χ0v) is 18.0. The molecular formula is C23H26N8O. The average Bonchev–Trinajstić information content (AvgIpc) is 3.16. The molecule has 4 N–H and O–H groups in total. The van der Waals surface area contributed by atoms with E-state index >= 15 is 0 Å². The Morgan fingerprint density at radius 1 is 1.09 bits per heavy atom. The summed E-state index contributed by atoms with van der Waals surface area (Å²) < 4.78 is 1.62. The third-order valence-electron chi connectivity index (χ3n) is 5.15. The molecule has 0 radical (unpaired) electrons. The lowest BCUT2D eigenvalue weighted by molar-refractivity contribution is 0.0752. The molecule has 0 unspecified atom stereocenters. The molecule has 4 heterocycles. The molecule has 1 amide bonds. The highest BCUT2D eigenvalue weighted by molar-refractivity contribution is 5.93. The number of hydrogen-bond donors (Lipinski definition) is 2. The number of nitrogens with two attached hydrogens (primary N) is 2. The Morgan fingerprint density at radius 3 is 2.69 bits per heavy atom. The van der Waals surface area contributed by atoms with Crippen molar-refractivity contribution in [2.24, 2.45) is 5.73 Å². The van der Waals surface area contributed by atoms with Crippen molar-refractivity contribution in [1.82, 2.24) is 29.5 Å². The Balaban J connectivity index is 1.67. The van der Waals surface area contributed by atoms with E-state index < -0.39 is 0 Å². The third-order valence-corrected chi connectivity index (χ3v) is 5.15. The van der Waals surface area contributed by atoms with Crippen LogP contribution in [0.15, 0.2) is 55.0 Å². The summed E-state index contributed by atoms with van der Waals surface area (Å²) in [5.41, 5.74) is 15.6. The van der Waals surface area contributed by atoms with Crippen LogP contribution in [0.2, 0.25) is 0 Å². The number of carbonyl (C=O) groups excluding carboxylic acids is 1. The van der Waals surface area contributed by atoms with Crippen molar-refractivity contribution < 1.29 is 4.79 Å². The van der Waals surface area contributed by atoms with Gasteiger partial charge in [-0.2, -0.15) is 0 Å². The van der Waals surface area contributed by atoms with Gasteiger partial charge in [-0.15, -0.1) is 5.10 Å². The molecule has 9 heteroatoms. The number of rotatable bonds is 8. The van der Waals surface area contributed by atoms with E-state index in [-0.39, 0.29) is 5.91 Å². The monoisotopic (exact) mass is 430 g/mol. The van der Waals surface area contributed by atoms with Crippen molar-refractivity contribution in [3.05, 3.63) is 60.7 Å². The number of amides is 1. The first-order valence-electron chi connectivity index (χ1n) is 10.6. The number of unbranched alkanes of at least 4 members (excludes halogenated alkanes) is 1. The van der Waals surface area contributed by atoms with Crippen LogP contribution in [-0.2, 0) is 0 Å². The summed E-state index contributed by atoms with van der Waals surface area (Å²) in [6.45, 7) is 3.67. The minimum absolute atomic E-state index is 0.124. The van der Waals surface area contributed by atoms with Crippen molar-refractivity contribution in [3.8, 4) is 22.5 Å². The average molecular weight is 431 g/mol. The van der Waals surface area contributed by atoms with Crippen molar-refractivity contribution in [2.75, 3.05) is 25.4 Å². The standard InChI is InChI=1S/C23H26N8O/c1-2-3-12-30(13-10-24)23(32)19-9-6-8-17(28-19)16-14-27-22-20(18-7-4-5-11-26-18)21(25)29-31(22)15-16/h4-9,11,14-15H,2-3,10,12-13,24H2,1H3,(H2,25,29). The number of nitrogens with zero attached hydrogens (tertiary/aromatic N) is 6. The molecule has 4 aromatic rings. The van der Waals surface area contributed by atoms with Gasteiger partial charge in [0.2, 0.25) is 0 Å². The van der Waals surface area contributed by atoms with E-state index in [1.807, 2.05) is 30.3 Å². The molecular weight excluding hydrogens is 404 g/mol. The molecule has 32 heavy (non-hydrogen) atoms. The number of carbonyl (C=O) groups is 1. The van der Waals surface area contributed by atoms with E-state index in [9.17, 15) is 4.79 Å². The molecule has 0 aliphatic rings. The number of pyridine rings is 2. The first-order valence-corrected chi connectivity index (χ1v) is 10.6. The second kappa shape index (κ2) is 9.52. The second-order valence-corrected chi connectivity index (χ2v) is 7.43. The van der Waals surface area contributed by atoms with Crippen LogP contribution >= 0.6 is 0 Å². The molecule has 0 fully saturated rings. The van der Waals surface area contributed by atoms with Crippen LogP contribution in [-0.4, -0.2) is 55.0 Å². The van der Waals surface area contributed by atoms with Crippen molar-refractivity contribution in [3.63, 3.8) is 0 Å². The number of aromatic nitrogens is 5. The molecule has 0 saturated heterocycles. The molecule has 0 spiro atoms. The van der Waals surface area contributed by atoms with Crippen LogP contribution in [0.5, 0.6) is 0 Å². The first-order chi connectivity index (χ1) is 15.6. The maximum Gasteiger partial charge on any atom is 0.272 e. The van der Waals surface area contributed by atoms with Gasteiger partial charge in [-0.3, -0.25) is 9.78 Å². The van der Waals surface area contributed by atoms with Crippen LogP contribution in [0.3, 0.4) is 0 Å². The van der Waals surface area contributed by atoms with Crippen LogP contribution in [0.25, 0.3) is 28.2 Å². The highest BCUT2D eigenvalue weighted by atomic mass is 16.2. The fourth-order valence-corrected chi connectivity index (χ4v) is 3.54. The zero-order valence-electron chi connectivity index (χ0n) is 18.0. The van der Waals surface area contributed by atoms with Gasteiger partial charge in [-0.1, -0.05) is 25.5 Å². The fraction of sp³-hybridized carbons (Fsp3) is 0.261. The van der Waals surface area contributed by atoms with Gasteiger partial charge in [0.05, 0.1) is 17.0 Å². The lowest BCUT2D eigenvalue weighted by atomic mass is 10.2. The Labute approximate surface area is 186 Å². The Kier molecular flexibility index (Phi) is 6.37. The van der Waals surface area contributed by atoms with E-state index in [4.69, 9.17) is 11.5 Å². The molecule has 0 aromatic carbocycles. The maximum atomic E-state index is 13.0. The van der Waals surface area contributed by atoms with Crippen molar-refractivity contribution in [1.29, 1.82) is 0 Å².